The van der Waals surface area contributed by atoms with Crippen LogP contribution in [0.5, 0.6) is 0 Å². The molecule has 0 amide bonds. The van der Waals surface area contributed by atoms with Crippen molar-refractivity contribution in [1.29, 1.82) is 0 Å². The van der Waals surface area contributed by atoms with Crippen LogP contribution in [0.3, 0.4) is 0 Å². The number of alkyl halides is 2. The van der Waals surface area contributed by atoms with Crippen LogP contribution in [0.4, 0.5) is 8.78 Å². The molecule has 0 aromatic rings. The normalized spacial score (nSPS) is 14.7. The minimum absolute atomic E-state index is 0.112. The lowest BCUT2D eigenvalue weighted by atomic mass is 10.2. The summed E-state index contributed by atoms with van der Waals surface area (Å²) in [4.78, 5) is 1.89. The van der Waals surface area contributed by atoms with E-state index in [9.17, 15) is 8.78 Å². The van der Waals surface area contributed by atoms with Crippen molar-refractivity contribution in [2.75, 3.05) is 14.1 Å². The molecule has 1 unspecified atom stereocenters. The molecule has 0 rings (SSSR count). The zero-order chi connectivity index (χ0) is 8.15. The molecule has 1 radical (unpaired) electrons. The molecule has 0 saturated heterocycles. The predicted octanol–water partition coefficient (Wildman–Crippen LogP) is 1.80. The summed E-state index contributed by atoms with van der Waals surface area (Å²) in [6.07, 6.45) is -0.702. The van der Waals surface area contributed by atoms with E-state index < -0.39 is 6.43 Å². The SMILES string of the molecule is CC([CH]CC(F)F)N(C)C. The van der Waals surface area contributed by atoms with E-state index in [1.165, 1.54) is 0 Å². The standard InChI is InChI=1S/C7H14F2N/c1-6(10(2)3)4-5-7(8)9/h4,6-7H,5H2,1-3H3. The van der Waals surface area contributed by atoms with Gasteiger partial charge in [-0.3, -0.25) is 0 Å². The summed E-state index contributed by atoms with van der Waals surface area (Å²) in [6, 6.07) is 0.133. The molecular weight excluding hydrogens is 136 g/mol. The second-order valence-corrected chi connectivity index (χ2v) is 2.57. The van der Waals surface area contributed by atoms with E-state index in [0.717, 1.165) is 0 Å². The average molecular weight is 150 g/mol. The van der Waals surface area contributed by atoms with Gasteiger partial charge in [0.15, 0.2) is 0 Å². The molecule has 0 spiro atoms. The third-order valence-corrected chi connectivity index (χ3v) is 1.47. The maximum atomic E-state index is 11.6. The molecule has 0 aliphatic rings. The van der Waals surface area contributed by atoms with E-state index in [2.05, 4.69) is 0 Å². The molecule has 0 bridgehead atoms. The lowest BCUT2D eigenvalue weighted by molar-refractivity contribution is 0.141. The maximum Gasteiger partial charge on any atom is 0.239 e. The number of nitrogens with zero attached hydrogens (tertiary/aromatic N) is 1. The summed E-state index contributed by atoms with van der Waals surface area (Å²) in [6.45, 7) is 1.89. The summed E-state index contributed by atoms with van der Waals surface area (Å²) in [5.74, 6) is 0. The van der Waals surface area contributed by atoms with Gasteiger partial charge in [0.1, 0.15) is 0 Å². The number of hydrogen-bond donors (Lipinski definition) is 0. The topological polar surface area (TPSA) is 3.24 Å². The smallest absolute Gasteiger partial charge is 0.239 e. The minimum atomic E-state index is -2.21. The van der Waals surface area contributed by atoms with Crippen molar-refractivity contribution in [3.63, 3.8) is 0 Å². The van der Waals surface area contributed by atoms with Crippen LogP contribution >= 0.6 is 0 Å². The molecule has 0 N–H and O–H groups in total. The van der Waals surface area contributed by atoms with Gasteiger partial charge in [-0.1, -0.05) is 0 Å². The van der Waals surface area contributed by atoms with Crippen LogP contribution in [-0.4, -0.2) is 31.5 Å². The summed E-state index contributed by atoms with van der Waals surface area (Å²) < 4.78 is 23.2. The minimum Gasteiger partial charge on any atom is -0.306 e. The summed E-state index contributed by atoms with van der Waals surface area (Å²) in [5, 5.41) is 0. The van der Waals surface area contributed by atoms with Gasteiger partial charge in [-0.15, -0.1) is 0 Å². The fraction of sp³-hybridized carbons (Fsp3) is 0.857. The van der Waals surface area contributed by atoms with Crippen LogP contribution in [0, 0.1) is 6.42 Å². The van der Waals surface area contributed by atoms with E-state index in [1.807, 2.05) is 25.9 Å². The Morgan fingerprint density at radius 2 is 1.90 bits per heavy atom. The summed E-state index contributed by atoms with van der Waals surface area (Å²) >= 11 is 0. The van der Waals surface area contributed by atoms with Gasteiger partial charge in [-0.2, -0.15) is 0 Å². The lowest BCUT2D eigenvalue weighted by Gasteiger charge is -2.18. The Hall–Kier alpha value is -0.180. The van der Waals surface area contributed by atoms with Gasteiger partial charge in [-0.05, 0) is 27.4 Å². The van der Waals surface area contributed by atoms with Crippen molar-refractivity contribution in [2.45, 2.75) is 25.8 Å². The third-order valence-electron chi connectivity index (χ3n) is 1.47. The van der Waals surface area contributed by atoms with Gasteiger partial charge in [-0.25, -0.2) is 8.78 Å². The van der Waals surface area contributed by atoms with Crippen LogP contribution in [0.1, 0.15) is 13.3 Å². The van der Waals surface area contributed by atoms with Gasteiger partial charge in [0.2, 0.25) is 6.43 Å². The number of rotatable bonds is 4. The van der Waals surface area contributed by atoms with Crippen LogP contribution in [0.2, 0.25) is 0 Å². The van der Waals surface area contributed by atoms with Crippen molar-refractivity contribution >= 4 is 0 Å². The van der Waals surface area contributed by atoms with Gasteiger partial charge in [0.05, 0.1) is 0 Å². The van der Waals surface area contributed by atoms with Crippen LogP contribution in [0.25, 0.3) is 0 Å². The van der Waals surface area contributed by atoms with Crippen LogP contribution in [-0.2, 0) is 0 Å². The molecular formula is C7H14F2N. The second-order valence-electron chi connectivity index (χ2n) is 2.57. The monoisotopic (exact) mass is 150 g/mol. The summed E-state index contributed by atoms with van der Waals surface area (Å²) in [7, 11) is 3.74. The highest BCUT2D eigenvalue weighted by Gasteiger charge is 2.08. The Kier molecular flexibility index (Phi) is 4.52. The molecule has 0 aliphatic carbocycles. The molecule has 1 atom stereocenters. The molecule has 1 nitrogen and oxygen atoms in total. The van der Waals surface area contributed by atoms with Crippen molar-refractivity contribution in [3.05, 3.63) is 6.42 Å². The van der Waals surface area contributed by atoms with Crippen LogP contribution < -0.4 is 0 Å². The highest BCUT2D eigenvalue weighted by Crippen LogP contribution is 2.06. The van der Waals surface area contributed by atoms with E-state index in [1.54, 1.807) is 6.42 Å². The average Bonchev–Trinajstić information content (AvgIpc) is 1.82. The second kappa shape index (κ2) is 4.61. The van der Waals surface area contributed by atoms with Crippen molar-refractivity contribution in [2.24, 2.45) is 0 Å². The molecule has 0 aromatic carbocycles. The first-order valence-electron chi connectivity index (χ1n) is 3.32. The first-order chi connectivity index (χ1) is 4.54. The number of hydrogen-bond acceptors (Lipinski definition) is 1. The lowest BCUT2D eigenvalue weighted by Crippen LogP contribution is -2.25. The largest absolute Gasteiger partial charge is 0.306 e. The third kappa shape index (κ3) is 4.68. The van der Waals surface area contributed by atoms with E-state index in [-0.39, 0.29) is 12.5 Å². The first kappa shape index (κ1) is 9.82. The van der Waals surface area contributed by atoms with E-state index >= 15 is 0 Å². The Morgan fingerprint density at radius 3 is 2.20 bits per heavy atom. The van der Waals surface area contributed by atoms with Gasteiger partial charge in [0, 0.05) is 12.5 Å². The van der Waals surface area contributed by atoms with Crippen molar-refractivity contribution < 1.29 is 8.78 Å². The highest BCUT2D eigenvalue weighted by atomic mass is 19.3. The quantitative estimate of drug-likeness (QED) is 0.590. The Morgan fingerprint density at radius 1 is 1.40 bits per heavy atom. The number of halogens is 2. The van der Waals surface area contributed by atoms with Crippen LogP contribution in [0.15, 0.2) is 0 Å². The fourth-order valence-electron chi connectivity index (χ4n) is 0.511. The molecule has 0 aromatic heterocycles. The van der Waals surface area contributed by atoms with Gasteiger partial charge in [0.25, 0.3) is 0 Å². The van der Waals surface area contributed by atoms with E-state index in [0.29, 0.717) is 0 Å². The fourth-order valence-corrected chi connectivity index (χ4v) is 0.511. The maximum absolute atomic E-state index is 11.6. The Bertz CT molecular complexity index is 83.7. The molecule has 0 aliphatic heterocycles. The molecule has 3 heteroatoms. The Labute approximate surface area is 61.0 Å². The van der Waals surface area contributed by atoms with E-state index in [4.69, 9.17) is 0 Å². The zero-order valence-electron chi connectivity index (χ0n) is 6.64. The zero-order valence-corrected chi connectivity index (χ0v) is 6.64. The van der Waals surface area contributed by atoms with Crippen molar-refractivity contribution in [3.8, 4) is 0 Å². The van der Waals surface area contributed by atoms with Gasteiger partial charge >= 0.3 is 0 Å². The highest BCUT2D eigenvalue weighted by molar-refractivity contribution is 4.78. The predicted molar refractivity (Wildman–Crippen MR) is 38.1 cm³/mol. The molecule has 0 saturated carbocycles. The molecule has 61 valence electrons. The molecule has 0 heterocycles. The Balaban J connectivity index is 3.30. The van der Waals surface area contributed by atoms with Gasteiger partial charge < -0.3 is 4.90 Å². The summed E-state index contributed by atoms with van der Waals surface area (Å²) in [5.41, 5.74) is 0. The first-order valence-corrected chi connectivity index (χ1v) is 3.32. The molecule has 10 heavy (non-hydrogen) atoms. The van der Waals surface area contributed by atoms with Crippen molar-refractivity contribution in [1.82, 2.24) is 4.90 Å². The molecule has 0 fully saturated rings.